The van der Waals surface area contributed by atoms with E-state index in [9.17, 15) is 38.1 Å². The van der Waals surface area contributed by atoms with Crippen LogP contribution in [0.1, 0.15) is 32.1 Å². The number of aromatic amines is 1. The van der Waals surface area contributed by atoms with Crippen LogP contribution < -0.4 is 27.4 Å². The fraction of sp³-hybridized carbons (Fsp3) is 0.286. The van der Waals surface area contributed by atoms with Crippen LogP contribution in [-0.4, -0.2) is 71.7 Å². The van der Waals surface area contributed by atoms with Crippen molar-refractivity contribution in [2.24, 2.45) is 16.5 Å². The summed E-state index contributed by atoms with van der Waals surface area (Å²) in [6.45, 7) is -1.02. The Bertz CT molecular complexity index is 1360. The zero-order valence-corrected chi connectivity index (χ0v) is 23.2. The van der Waals surface area contributed by atoms with E-state index in [-0.39, 0.29) is 28.2 Å². The second-order valence-electron chi connectivity index (χ2n) is 8.13. The summed E-state index contributed by atoms with van der Waals surface area (Å²) in [7, 11) is -5.90. The minimum atomic E-state index is -4.00. The zero-order chi connectivity index (χ0) is 30.1. The average molecular weight is 601 g/mol. The van der Waals surface area contributed by atoms with Gasteiger partial charge in [-0.15, -0.1) is 0 Å². The molecule has 0 radical (unpaired) electrons. The molecule has 2 unspecified atom stereocenters. The molecule has 2 rings (SSSR count). The van der Waals surface area contributed by atoms with Gasteiger partial charge in [0, 0.05) is 19.9 Å². The normalized spacial score (nSPS) is 13.8. The number of nitrogens with zero attached hydrogens (tertiary/aromatic N) is 1. The van der Waals surface area contributed by atoms with Crippen molar-refractivity contribution >= 4 is 50.5 Å². The summed E-state index contributed by atoms with van der Waals surface area (Å²) in [5.74, 6) is -3.39. The van der Waals surface area contributed by atoms with E-state index in [0.29, 0.717) is 0 Å². The molecule has 0 fully saturated rings. The molecule has 0 aliphatic rings. The van der Waals surface area contributed by atoms with Crippen molar-refractivity contribution < 1.29 is 47.1 Å². The highest BCUT2D eigenvalue weighted by atomic mass is 31.2. The SMILES string of the molecule is COP(=O)(O)Cc1cc(CP(=O)(O)OC)cc(NC(=O)CNC(=O)CNC(=O)c2ccc(C(=O)N=C(N)N)[nH]2)c1. The highest BCUT2D eigenvalue weighted by molar-refractivity contribution is 7.52. The van der Waals surface area contributed by atoms with Gasteiger partial charge in [-0.1, -0.05) is 6.07 Å². The number of rotatable bonds is 13. The molecule has 0 aliphatic carbocycles. The number of anilines is 1. The van der Waals surface area contributed by atoms with Gasteiger partial charge in [0.1, 0.15) is 11.4 Å². The fourth-order valence-corrected chi connectivity index (χ4v) is 4.69. The second kappa shape index (κ2) is 14.0. The van der Waals surface area contributed by atoms with Crippen molar-refractivity contribution in [1.82, 2.24) is 15.6 Å². The molecule has 17 nitrogen and oxygen atoms in total. The number of aliphatic imine (C=N–C) groups is 1. The van der Waals surface area contributed by atoms with Crippen LogP contribution in [0.5, 0.6) is 0 Å². The first kappa shape index (κ1) is 32.4. The molecule has 1 aromatic carbocycles. The van der Waals surface area contributed by atoms with Gasteiger partial charge in [0.2, 0.25) is 11.8 Å². The van der Waals surface area contributed by atoms with Crippen LogP contribution in [0, 0.1) is 0 Å². The third-order valence-electron chi connectivity index (χ3n) is 4.92. The largest absolute Gasteiger partial charge is 0.370 e. The molecule has 1 heterocycles. The number of guanidine groups is 1. The van der Waals surface area contributed by atoms with Crippen LogP contribution in [0.15, 0.2) is 35.3 Å². The lowest BCUT2D eigenvalue weighted by Gasteiger charge is -2.15. The van der Waals surface area contributed by atoms with E-state index in [0.717, 1.165) is 14.2 Å². The number of hydrogen-bond acceptors (Lipinski definition) is 8. The van der Waals surface area contributed by atoms with E-state index in [1.54, 1.807) is 0 Å². The van der Waals surface area contributed by atoms with Crippen molar-refractivity contribution in [2.75, 3.05) is 32.6 Å². The second-order valence-corrected chi connectivity index (χ2v) is 12.0. The van der Waals surface area contributed by atoms with Crippen molar-refractivity contribution in [1.29, 1.82) is 0 Å². The van der Waals surface area contributed by atoms with Crippen molar-refractivity contribution in [3.05, 3.63) is 52.8 Å². The third-order valence-corrected chi connectivity index (χ3v) is 7.59. The number of carbonyl (C=O) groups excluding carboxylic acids is 4. The van der Waals surface area contributed by atoms with Crippen LogP contribution >= 0.6 is 15.2 Å². The van der Waals surface area contributed by atoms with E-state index in [1.807, 2.05) is 0 Å². The van der Waals surface area contributed by atoms with E-state index < -0.39 is 70.2 Å². The first-order chi connectivity index (χ1) is 18.6. The zero-order valence-electron chi connectivity index (χ0n) is 21.4. The molecule has 0 saturated heterocycles. The Morgan fingerprint density at radius 3 is 1.93 bits per heavy atom. The van der Waals surface area contributed by atoms with Gasteiger partial charge in [0.25, 0.3) is 11.8 Å². The Balaban J connectivity index is 1.96. The molecule has 1 aromatic heterocycles. The van der Waals surface area contributed by atoms with Crippen molar-refractivity contribution in [2.45, 2.75) is 12.3 Å². The molecule has 0 aliphatic heterocycles. The Kier molecular flexibility index (Phi) is 11.3. The number of amides is 4. The Labute approximate surface area is 227 Å². The molecule has 10 N–H and O–H groups in total. The topological polar surface area (TPSA) is 278 Å². The smallest absolute Gasteiger partial charge is 0.332 e. The first-order valence-electron chi connectivity index (χ1n) is 11.2. The summed E-state index contributed by atoms with van der Waals surface area (Å²) in [6, 6.07) is 6.68. The standard InChI is InChI=1S/C21H29N7O10P2/c1-37-39(33,34)10-12-5-13(11-40(35,36)38-2)7-14(6-12)26-18(30)9-24-17(29)8-25-19(31)15-3-4-16(27-15)20(32)28-21(22)23/h3-7,27H,8-11H2,1-2H3,(H,24,29)(H,25,31)(H,26,30)(H,33,34)(H,35,36)(H4,22,23,28,32). The van der Waals surface area contributed by atoms with E-state index >= 15 is 0 Å². The maximum Gasteiger partial charge on any atom is 0.332 e. The van der Waals surface area contributed by atoms with Gasteiger partial charge in [-0.05, 0) is 35.4 Å². The number of hydrogen-bond donors (Lipinski definition) is 8. The molecule has 40 heavy (non-hydrogen) atoms. The number of nitrogens with one attached hydrogen (secondary N) is 4. The van der Waals surface area contributed by atoms with Gasteiger partial charge in [-0.3, -0.25) is 28.3 Å². The van der Waals surface area contributed by atoms with Crippen LogP contribution in [0.3, 0.4) is 0 Å². The van der Waals surface area contributed by atoms with Gasteiger partial charge >= 0.3 is 15.2 Å². The predicted octanol–water partition coefficient (Wildman–Crippen LogP) is -0.423. The highest BCUT2D eigenvalue weighted by Crippen LogP contribution is 2.47. The highest BCUT2D eigenvalue weighted by Gasteiger charge is 2.22. The van der Waals surface area contributed by atoms with Gasteiger partial charge in [0.15, 0.2) is 5.96 Å². The van der Waals surface area contributed by atoms with Gasteiger partial charge in [-0.25, -0.2) is 0 Å². The van der Waals surface area contributed by atoms with E-state index in [4.69, 9.17) is 11.5 Å². The Morgan fingerprint density at radius 1 is 0.875 bits per heavy atom. The quantitative estimate of drug-likeness (QED) is 0.0825. The number of nitrogens with two attached hydrogens (primary N) is 2. The Hall–Kier alpha value is -3.85. The number of carbonyl (C=O) groups is 4. The summed E-state index contributed by atoms with van der Waals surface area (Å²) in [6.07, 6.45) is -0.881. The lowest BCUT2D eigenvalue weighted by atomic mass is 10.1. The monoisotopic (exact) mass is 601 g/mol. The van der Waals surface area contributed by atoms with Crippen LogP contribution in [0.25, 0.3) is 0 Å². The van der Waals surface area contributed by atoms with E-state index in [2.05, 4.69) is 35.0 Å². The van der Waals surface area contributed by atoms with E-state index in [1.165, 1.54) is 30.3 Å². The first-order valence-corrected chi connectivity index (χ1v) is 14.7. The molecular weight excluding hydrogens is 572 g/mol. The molecule has 0 spiro atoms. The molecule has 4 amide bonds. The predicted molar refractivity (Wildman–Crippen MR) is 142 cm³/mol. The minimum Gasteiger partial charge on any atom is -0.370 e. The molecule has 2 aromatic rings. The van der Waals surface area contributed by atoms with Gasteiger partial charge < -0.3 is 51.2 Å². The summed E-state index contributed by atoms with van der Waals surface area (Å²) in [4.78, 5) is 73.9. The molecule has 0 saturated carbocycles. The number of aromatic nitrogens is 1. The molecule has 0 bridgehead atoms. The van der Waals surface area contributed by atoms with Crippen molar-refractivity contribution in [3.8, 4) is 0 Å². The molecule has 2 atom stereocenters. The maximum absolute atomic E-state index is 12.4. The van der Waals surface area contributed by atoms with Gasteiger partial charge in [0.05, 0.1) is 25.4 Å². The summed E-state index contributed by atoms with van der Waals surface area (Å²) >= 11 is 0. The Morgan fingerprint density at radius 2 is 1.40 bits per heavy atom. The van der Waals surface area contributed by atoms with Gasteiger partial charge in [-0.2, -0.15) is 4.99 Å². The third kappa shape index (κ3) is 10.7. The van der Waals surface area contributed by atoms with Crippen LogP contribution in [0.2, 0.25) is 0 Å². The summed E-state index contributed by atoms with van der Waals surface area (Å²) < 4.78 is 33.1. The summed E-state index contributed by atoms with van der Waals surface area (Å²) in [5, 5.41) is 7.07. The minimum absolute atomic E-state index is 0.0443. The lowest BCUT2D eigenvalue weighted by molar-refractivity contribution is -0.123. The molecule has 19 heteroatoms. The fourth-order valence-electron chi connectivity index (χ4n) is 3.14. The molecular formula is C21H29N7O10P2. The summed E-state index contributed by atoms with van der Waals surface area (Å²) in [5.41, 5.74) is 10.7. The van der Waals surface area contributed by atoms with Crippen molar-refractivity contribution in [3.63, 3.8) is 0 Å². The lowest BCUT2D eigenvalue weighted by Crippen LogP contribution is -2.40. The van der Waals surface area contributed by atoms with Crippen LogP contribution in [0.4, 0.5) is 5.69 Å². The molecule has 218 valence electrons. The number of benzene rings is 1. The average Bonchev–Trinajstić information content (AvgIpc) is 3.36. The number of H-pyrrole nitrogens is 1. The van der Waals surface area contributed by atoms with Crippen LogP contribution in [-0.2, 0) is 40.1 Å². The maximum atomic E-state index is 12.4.